The monoisotopic (exact) mass is 310 g/mol. The third-order valence-corrected chi connectivity index (χ3v) is 6.38. The van der Waals surface area contributed by atoms with Gasteiger partial charge in [0, 0.05) is 24.0 Å². The summed E-state index contributed by atoms with van der Waals surface area (Å²) in [6.07, 6.45) is 9.01. The van der Waals surface area contributed by atoms with Crippen molar-refractivity contribution in [2.24, 2.45) is 5.73 Å². The molecule has 0 radical (unpaired) electrons. The Hall–Kier alpha value is -0.520. The van der Waals surface area contributed by atoms with Crippen molar-refractivity contribution < 1.29 is 0 Å². The van der Waals surface area contributed by atoms with Crippen molar-refractivity contribution >= 4 is 11.8 Å². The highest BCUT2D eigenvalue weighted by atomic mass is 32.2. The van der Waals surface area contributed by atoms with Crippen molar-refractivity contribution in [1.29, 1.82) is 0 Å². The number of likely N-dealkylation sites (tertiary alicyclic amines) is 1. The average Bonchev–Trinajstić information content (AvgIpc) is 2.98. The topological polar surface area (TPSA) is 47.1 Å². The van der Waals surface area contributed by atoms with Gasteiger partial charge in [-0.25, -0.2) is 0 Å². The molecular weight excluding hydrogens is 280 g/mol. The van der Waals surface area contributed by atoms with E-state index in [-0.39, 0.29) is 0 Å². The van der Waals surface area contributed by atoms with Crippen molar-refractivity contribution in [3.8, 4) is 0 Å². The summed E-state index contributed by atoms with van der Waals surface area (Å²) in [6.45, 7) is 8.50. The maximum atomic E-state index is 5.96. The third kappa shape index (κ3) is 4.02. The number of rotatable bonds is 7. The van der Waals surface area contributed by atoms with Gasteiger partial charge in [0.15, 0.2) is 0 Å². The standard InChI is InChI=1S/C16H30N4S/c1-4-15(5-2)20-9-6-14(18-20)12-19-10-7-16(13-17,21-3)8-11-19/h6,9,15H,4-5,7-8,10-13,17H2,1-3H3. The molecule has 21 heavy (non-hydrogen) atoms. The summed E-state index contributed by atoms with van der Waals surface area (Å²) in [6, 6.07) is 2.72. The molecule has 0 bridgehead atoms. The Kier molecular flexibility index (Phi) is 6.14. The molecule has 5 heteroatoms. The van der Waals surface area contributed by atoms with E-state index >= 15 is 0 Å². The summed E-state index contributed by atoms with van der Waals surface area (Å²) in [5, 5.41) is 4.77. The minimum Gasteiger partial charge on any atom is -0.329 e. The van der Waals surface area contributed by atoms with Crippen LogP contribution in [0.25, 0.3) is 0 Å². The quantitative estimate of drug-likeness (QED) is 0.841. The van der Waals surface area contributed by atoms with Crippen molar-refractivity contribution in [1.82, 2.24) is 14.7 Å². The van der Waals surface area contributed by atoms with E-state index in [0.717, 1.165) is 39.0 Å². The fraction of sp³-hybridized carbons (Fsp3) is 0.812. The molecule has 1 fully saturated rings. The fourth-order valence-corrected chi connectivity index (χ4v) is 3.92. The van der Waals surface area contributed by atoms with E-state index in [0.29, 0.717) is 10.8 Å². The van der Waals surface area contributed by atoms with Gasteiger partial charge in [0.05, 0.1) is 11.7 Å². The molecular formula is C16H30N4S. The van der Waals surface area contributed by atoms with Crippen LogP contribution in [0.1, 0.15) is 51.3 Å². The lowest BCUT2D eigenvalue weighted by Crippen LogP contribution is -2.46. The van der Waals surface area contributed by atoms with E-state index < -0.39 is 0 Å². The lowest BCUT2D eigenvalue weighted by molar-refractivity contribution is 0.192. The molecule has 0 unspecified atom stereocenters. The van der Waals surface area contributed by atoms with E-state index in [2.05, 4.69) is 41.9 Å². The van der Waals surface area contributed by atoms with E-state index in [4.69, 9.17) is 10.8 Å². The zero-order valence-corrected chi connectivity index (χ0v) is 14.5. The van der Waals surface area contributed by atoms with Crippen LogP contribution in [-0.4, -0.2) is 45.3 Å². The van der Waals surface area contributed by atoms with E-state index in [9.17, 15) is 0 Å². The van der Waals surface area contributed by atoms with Gasteiger partial charge in [-0.1, -0.05) is 13.8 Å². The van der Waals surface area contributed by atoms with Gasteiger partial charge in [0.1, 0.15) is 0 Å². The number of piperidine rings is 1. The molecule has 0 aromatic carbocycles. The first-order chi connectivity index (χ1) is 10.2. The Labute approximate surface area is 133 Å². The van der Waals surface area contributed by atoms with Crippen LogP contribution < -0.4 is 5.73 Å². The van der Waals surface area contributed by atoms with Gasteiger partial charge in [-0.2, -0.15) is 16.9 Å². The average molecular weight is 311 g/mol. The summed E-state index contributed by atoms with van der Waals surface area (Å²) < 4.78 is 2.46. The van der Waals surface area contributed by atoms with Crippen LogP contribution in [0.4, 0.5) is 0 Å². The van der Waals surface area contributed by atoms with Crippen LogP contribution in [0, 0.1) is 0 Å². The molecule has 0 atom stereocenters. The Balaban J connectivity index is 1.89. The van der Waals surface area contributed by atoms with Crippen LogP contribution in [0.3, 0.4) is 0 Å². The van der Waals surface area contributed by atoms with Gasteiger partial charge < -0.3 is 5.73 Å². The van der Waals surface area contributed by atoms with Crippen LogP contribution >= 0.6 is 11.8 Å². The van der Waals surface area contributed by atoms with Crippen LogP contribution in [0.5, 0.6) is 0 Å². The zero-order valence-electron chi connectivity index (χ0n) is 13.7. The molecule has 0 spiro atoms. The number of hydrogen-bond donors (Lipinski definition) is 1. The van der Waals surface area contributed by atoms with Gasteiger partial charge in [-0.3, -0.25) is 9.58 Å². The summed E-state index contributed by atoms with van der Waals surface area (Å²) in [5.74, 6) is 0. The summed E-state index contributed by atoms with van der Waals surface area (Å²) in [7, 11) is 0. The number of nitrogens with zero attached hydrogens (tertiary/aromatic N) is 3. The maximum absolute atomic E-state index is 5.96. The Bertz CT molecular complexity index is 414. The SMILES string of the molecule is CCC(CC)n1ccc(CN2CCC(CN)(SC)CC2)n1. The van der Waals surface area contributed by atoms with Crippen molar-refractivity contribution in [2.45, 2.75) is 56.9 Å². The first kappa shape index (κ1) is 16.8. The third-order valence-electron chi connectivity index (χ3n) is 4.94. The molecule has 2 rings (SSSR count). The minimum absolute atomic E-state index is 0.311. The lowest BCUT2D eigenvalue weighted by Gasteiger charge is -2.39. The molecule has 1 saturated heterocycles. The molecule has 0 aliphatic carbocycles. The second kappa shape index (κ2) is 7.65. The molecule has 1 aromatic heterocycles. The molecule has 0 saturated carbocycles. The minimum atomic E-state index is 0.311. The van der Waals surface area contributed by atoms with Crippen LogP contribution in [0.15, 0.2) is 12.3 Å². The smallest absolute Gasteiger partial charge is 0.0764 e. The number of aromatic nitrogens is 2. The van der Waals surface area contributed by atoms with Crippen LogP contribution in [0.2, 0.25) is 0 Å². The molecule has 120 valence electrons. The number of nitrogens with two attached hydrogens (primary N) is 1. The molecule has 4 nitrogen and oxygen atoms in total. The highest BCUT2D eigenvalue weighted by Crippen LogP contribution is 2.33. The second-order valence-electron chi connectivity index (χ2n) is 6.12. The highest BCUT2D eigenvalue weighted by Gasteiger charge is 2.32. The molecule has 1 aliphatic rings. The maximum Gasteiger partial charge on any atom is 0.0764 e. The van der Waals surface area contributed by atoms with Gasteiger partial charge in [0.2, 0.25) is 0 Å². The number of hydrogen-bond acceptors (Lipinski definition) is 4. The van der Waals surface area contributed by atoms with Gasteiger partial charge >= 0.3 is 0 Å². The zero-order chi connectivity index (χ0) is 15.3. The predicted molar refractivity (Wildman–Crippen MR) is 91.7 cm³/mol. The Morgan fingerprint density at radius 3 is 2.52 bits per heavy atom. The molecule has 1 aliphatic heterocycles. The van der Waals surface area contributed by atoms with Gasteiger partial charge in [0.25, 0.3) is 0 Å². The Morgan fingerprint density at radius 1 is 1.33 bits per heavy atom. The van der Waals surface area contributed by atoms with E-state index in [1.807, 2.05) is 11.8 Å². The number of thioether (sulfide) groups is 1. The Morgan fingerprint density at radius 2 is 2.00 bits per heavy atom. The van der Waals surface area contributed by atoms with Gasteiger partial charge in [-0.05, 0) is 51.1 Å². The van der Waals surface area contributed by atoms with Crippen LogP contribution in [-0.2, 0) is 6.54 Å². The van der Waals surface area contributed by atoms with E-state index in [1.54, 1.807) is 0 Å². The largest absolute Gasteiger partial charge is 0.329 e. The molecule has 2 heterocycles. The fourth-order valence-electron chi connectivity index (χ4n) is 3.17. The predicted octanol–water partition coefficient (Wildman–Crippen LogP) is 2.90. The van der Waals surface area contributed by atoms with E-state index in [1.165, 1.54) is 18.5 Å². The highest BCUT2D eigenvalue weighted by molar-refractivity contribution is 8.00. The second-order valence-corrected chi connectivity index (χ2v) is 7.40. The van der Waals surface area contributed by atoms with Crippen molar-refractivity contribution in [3.05, 3.63) is 18.0 Å². The summed E-state index contributed by atoms with van der Waals surface area (Å²) in [5.41, 5.74) is 7.16. The van der Waals surface area contributed by atoms with Gasteiger partial charge in [-0.15, -0.1) is 0 Å². The summed E-state index contributed by atoms with van der Waals surface area (Å²) in [4.78, 5) is 2.52. The first-order valence-corrected chi connectivity index (χ1v) is 9.40. The van der Waals surface area contributed by atoms with Crippen molar-refractivity contribution in [2.75, 3.05) is 25.9 Å². The lowest BCUT2D eigenvalue weighted by atomic mass is 9.95. The first-order valence-electron chi connectivity index (χ1n) is 8.18. The molecule has 1 aromatic rings. The summed E-state index contributed by atoms with van der Waals surface area (Å²) >= 11 is 1.94. The molecule has 2 N–H and O–H groups in total. The molecule has 0 amide bonds. The van der Waals surface area contributed by atoms with Crippen molar-refractivity contribution in [3.63, 3.8) is 0 Å². The normalized spacial score (nSPS) is 19.3.